The quantitative estimate of drug-likeness (QED) is 0.423. The number of nitrogens with one attached hydrogen (secondary N) is 2. The van der Waals surface area contributed by atoms with Crippen molar-refractivity contribution in [3.8, 4) is 0 Å². The monoisotopic (exact) mass is 293 g/mol. The number of pyridine rings is 1. The van der Waals surface area contributed by atoms with E-state index in [2.05, 4.69) is 30.2 Å². The fourth-order valence-electron chi connectivity index (χ4n) is 1.84. The van der Waals surface area contributed by atoms with Gasteiger partial charge in [-0.15, -0.1) is 0 Å². The molecule has 0 aromatic carbocycles. The Bertz CT molecular complexity index is 461. The molecule has 0 aliphatic heterocycles. The number of nitrogens with zero attached hydrogens (tertiary/aromatic N) is 2. The van der Waals surface area contributed by atoms with Crippen molar-refractivity contribution in [2.75, 3.05) is 13.1 Å². The Balaban J connectivity index is 2.49. The van der Waals surface area contributed by atoms with Crippen molar-refractivity contribution >= 4 is 23.3 Å². The Morgan fingerprint density at radius 3 is 2.90 bits per heavy atom. The van der Waals surface area contributed by atoms with E-state index in [-0.39, 0.29) is 5.96 Å². The van der Waals surface area contributed by atoms with Crippen LogP contribution in [0.5, 0.6) is 0 Å². The maximum absolute atomic E-state index is 7.60. The van der Waals surface area contributed by atoms with Gasteiger partial charge in [0.25, 0.3) is 0 Å². The molecule has 0 atom stereocenters. The summed E-state index contributed by atoms with van der Waals surface area (Å²) in [5.41, 5.74) is 7.86. The number of nitrogens with two attached hydrogens (primary N) is 1. The van der Waals surface area contributed by atoms with Gasteiger partial charge in [0.1, 0.15) is 0 Å². The molecule has 1 heterocycles. The summed E-state index contributed by atoms with van der Waals surface area (Å²) >= 11 is 5.25. The average molecular weight is 293 g/mol. The molecule has 20 heavy (non-hydrogen) atoms. The van der Waals surface area contributed by atoms with Crippen LogP contribution >= 0.6 is 12.2 Å². The second-order valence-corrected chi connectivity index (χ2v) is 5.03. The van der Waals surface area contributed by atoms with Crippen LogP contribution in [0.1, 0.15) is 31.0 Å². The zero-order valence-corrected chi connectivity index (χ0v) is 13.0. The van der Waals surface area contributed by atoms with E-state index < -0.39 is 0 Å². The van der Waals surface area contributed by atoms with Crippen LogP contribution < -0.4 is 11.1 Å². The zero-order chi connectivity index (χ0) is 15.0. The van der Waals surface area contributed by atoms with Crippen molar-refractivity contribution in [3.63, 3.8) is 0 Å². The number of aromatic nitrogens is 1. The van der Waals surface area contributed by atoms with Gasteiger partial charge in [-0.25, -0.2) is 0 Å². The van der Waals surface area contributed by atoms with Gasteiger partial charge in [0, 0.05) is 25.0 Å². The molecule has 0 saturated heterocycles. The van der Waals surface area contributed by atoms with E-state index in [9.17, 15) is 0 Å². The Kier molecular flexibility index (Phi) is 6.93. The van der Waals surface area contributed by atoms with E-state index in [4.69, 9.17) is 23.4 Å². The molecule has 110 valence electrons. The van der Waals surface area contributed by atoms with Crippen LogP contribution in [0.2, 0.25) is 0 Å². The molecule has 1 rings (SSSR count). The third-order valence-corrected chi connectivity index (χ3v) is 3.34. The predicted molar refractivity (Wildman–Crippen MR) is 86.8 cm³/mol. The lowest BCUT2D eigenvalue weighted by Gasteiger charge is -2.23. The third-order valence-electron chi connectivity index (χ3n) is 2.98. The minimum Gasteiger partial charge on any atom is -0.370 e. The highest BCUT2D eigenvalue weighted by molar-refractivity contribution is 7.80. The Labute approximate surface area is 126 Å². The van der Waals surface area contributed by atoms with Crippen molar-refractivity contribution in [1.29, 1.82) is 5.41 Å². The molecule has 0 aliphatic carbocycles. The SMILES string of the molecule is CCCNC(=S)N(CCCc1ncccc1C)C(=N)N. The normalized spacial score (nSPS) is 10.1. The summed E-state index contributed by atoms with van der Waals surface area (Å²) in [7, 11) is 0. The van der Waals surface area contributed by atoms with Crippen molar-refractivity contribution < 1.29 is 0 Å². The molecule has 6 heteroatoms. The molecule has 0 unspecified atom stereocenters. The van der Waals surface area contributed by atoms with E-state index in [1.54, 1.807) is 11.1 Å². The molecular weight excluding hydrogens is 270 g/mol. The molecule has 5 nitrogen and oxygen atoms in total. The maximum atomic E-state index is 7.60. The number of guanidine groups is 1. The molecule has 1 aromatic heterocycles. The van der Waals surface area contributed by atoms with Crippen molar-refractivity contribution in [1.82, 2.24) is 15.2 Å². The van der Waals surface area contributed by atoms with E-state index in [1.165, 1.54) is 5.56 Å². The largest absolute Gasteiger partial charge is 0.370 e. The van der Waals surface area contributed by atoms with Gasteiger partial charge >= 0.3 is 0 Å². The maximum Gasteiger partial charge on any atom is 0.194 e. The van der Waals surface area contributed by atoms with E-state index in [1.807, 2.05) is 6.07 Å². The molecule has 1 aromatic rings. The van der Waals surface area contributed by atoms with Gasteiger partial charge in [-0.3, -0.25) is 15.3 Å². The fraction of sp³-hybridized carbons (Fsp3) is 0.500. The standard InChI is InChI=1S/C14H23N5S/c1-3-8-18-14(20)19(13(15)16)10-5-7-12-11(2)6-4-9-17-12/h4,6,9H,3,5,7-8,10H2,1-2H3,(H3,15,16)(H,18,20). The minimum absolute atomic E-state index is 0.0173. The number of hydrogen-bond donors (Lipinski definition) is 3. The van der Waals surface area contributed by atoms with E-state index in [0.29, 0.717) is 11.7 Å². The number of aryl methyl sites for hydroxylation is 2. The fourth-order valence-corrected chi connectivity index (χ4v) is 2.14. The zero-order valence-electron chi connectivity index (χ0n) is 12.1. The molecule has 0 saturated carbocycles. The second kappa shape index (κ2) is 8.47. The average Bonchev–Trinajstić information content (AvgIpc) is 2.42. The van der Waals surface area contributed by atoms with E-state index in [0.717, 1.165) is 31.5 Å². The van der Waals surface area contributed by atoms with Gasteiger partial charge in [-0.05, 0) is 50.0 Å². The van der Waals surface area contributed by atoms with Crippen LogP contribution in [0.3, 0.4) is 0 Å². The highest BCUT2D eigenvalue weighted by Gasteiger charge is 2.12. The third kappa shape index (κ3) is 5.13. The highest BCUT2D eigenvalue weighted by Crippen LogP contribution is 2.06. The molecule has 0 radical (unpaired) electrons. The molecular formula is C14H23N5S. The molecule has 0 fully saturated rings. The topological polar surface area (TPSA) is 78.0 Å². The summed E-state index contributed by atoms with van der Waals surface area (Å²) < 4.78 is 0. The lowest BCUT2D eigenvalue weighted by molar-refractivity contribution is 0.549. The first-order valence-electron chi connectivity index (χ1n) is 6.86. The van der Waals surface area contributed by atoms with Crippen molar-refractivity contribution in [2.24, 2.45) is 5.73 Å². The molecule has 0 aliphatic rings. The summed E-state index contributed by atoms with van der Waals surface area (Å²) in [6, 6.07) is 3.99. The van der Waals surface area contributed by atoms with Crippen LogP contribution in [0, 0.1) is 12.3 Å². The molecule has 0 amide bonds. The van der Waals surface area contributed by atoms with Crippen molar-refractivity contribution in [3.05, 3.63) is 29.6 Å². The van der Waals surface area contributed by atoms with Crippen LogP contribution in [0.25, 0.3) is 0 Å². The van der Waals surface area contributed by atoms with Crippen LogP contribution in [-0.4, -0.2) is 34.0 Å². The predicted octanol–water partition coefficient (Wildman–Crippen LogP) is 1.80. The van der Waals surface area contributed by atoms with Gasteiger partial charge < -0.3 is 11.1 Å². The summed E-state index contributed by atoms with van der Waals surface area (Å²) in [6.07, 6.45) is 4.50. The summed E-state index contributed by atoms with van der Waals surface area (Å²) in [5.74, 6) is -0.0173. The molecule has 4 N–H and O–H groups in total. The van der Waals surface area contributed by atoms with Gasteiger partial charge in [0.15, 0.2) is 11.1 Å². The van der Waals surface area contributed by atoms with Crippen molar-refractivity contribution in [2.45, 2.75) is 33.1 Å². The lowest BCUT2D eigenvalue weighted by Crippen LogP contribution is -2.47. The number of hydrogen-bond acceptors (Lipinski definition) is 3. The van der Waals surface area contributed by atoms with Crippen LogP contribution in [0.15, 0.2) is 18.3 Å². The van der Waals surface area contributed by atoms with Gasteiger partial charge in [0.05, 0.1) is 0 Å². The van der Waals surface area contributed by atoms with Gasteiger partial charge in [0.2, 0.25) is 0 Å². The molecule has 0 spiro atoms. The Hall–Kier alpha value is -1.69. The molecule has 0 bridgehead atoms. The van der Waals surface area contributed by atoms with Crippen LogP contribution in [-0.2, 0) is 6.42 Å². The second-order valence-electron chi connectivity index (χ2n) is 4.64. The highest BCUT2D eigenvalue weighted by atomic mass is 32.1. The number of thiocarbonyl (C=S) groups is 1. The first kappa shape index (κ1) is 16.4. The number of rotatable bonds is 6. The van der Waals surface area contributed by atoms with Gasteiger partial charge in [-0.2, -0.15) is 0 Å². The Morgan fingerprint density at radius 1 is 1.55 bits per heavy atom. The van der Waals surface area contributed by atoms with Gasteiger partial charge in [-0.1, -0.05) is 13.0 Å². The summed E-state index contributed by atoms with van der Waals surface area (Å²) in [5, 5.41) is 11.2. The summed E-state index contributed by atoms with van der Waals surface area (Å²) in [4.78, 5) is 5.99. The smallest absolute Gasteiger partial charge is 0.194 e. The first-order valence-corrected chi connectivity index (χ1v) is 7.27. The first-order chi connectivity index (χ1) is 9.56. The Morgan fingerprint density at radius 2 is 2.30 bits per heavy atom. The lowest BCUT2D eigenvalue weighted by atomic mass is 10.1. The van der Waals surface area contributed by atoms with E-state index >= 15 is 0 Å². The minimum atomic E-state index is -0.0173. The summed E-state index contributed by atoms with van der Waals surface area (Å²) in [6.45, 7) is 5.54. The van der Waals surface area contributed by atoms with Crippen LogP contribution in [0.4, 0.5) is 0 Å².